The van der Waals surface area contributed by atoms with E-state index in [9.17, 15) is 4.79 Å². The molecule has 0 saturated heterocycles. The summed E-state index contributed by atoms with van der Waals surface area (Å²) < 4.78 is 0.707. The first-order chi connectivity index (χ1) is 6.91. The van der Waals surface area contributed by atoms with E-state index in [0.717, 1.165) is 5.92 Å². The van der Waals surface area contributed by atoms with Gasteiger partial charge in [0.2, 0.25) is 0 Å². The molecule has 0 amide bonds. The molecule has 1 nitrogen and oxygen atoms in total. The van der Waals surface area contributed by atoms with Gasteiger partial charge in [-0.05, 0) is 0 Å². The van der Waals surface area contributed by atoms with Crippen LogP contribution in [0.1, 0.15) is 32.1 Å². The van der Waals surface area contributed by atoms with Gasteiger partial charge in [0.05, 0.1) is 0 Å². The Hall–Kier alpha value is 0.469. The van der Waals surface area contributed by atoms with Crippen molar-refractivity contribution < 1.29 is 4.79 Å². The molecule has 0 radical (unpaired) electrons. The van der Waals surface area contributed by atoms with E-state index in [0.29, 0.717) is 21.0 Å². The normalized spacial score (nSPS) is 48.7. The topological polar surface area (TPSA) is 17.1 Å². The molecule has 2 unspecified atom stereocenters. The third-order valence-electron chi connectivity index (χ3n) is 5.59. The van der Waals surface area contributed by atoms with E-state index in [1.54, 1.807) is 0 Å². The summed E-state index contributed by atoms with van der Waals surface area (Å²) in [4.78, 5) is 19.8. The molecular formula is C13H22OSn. The van der Waals surface area contributed by atoms with E-state index >= 15 is 0 Å². The van der Waals surface area contributed by atoms with Gasteiger partial charge in [-0.1, -0.05) is 0 Å². The van der Waals surface area contributed by atoms with E-state index in [1.165, 1.54) is 32.1 Å². The van der Waals surface area contributed by atoms with E-state index in [2.05, 4.69) is 14.8 Å². The van der Waals surface area contributed by atoms with E-state index < -0.39 is 18.4 Å². The molecule has 0 N–H and O–H groups in total. The summed E-state index contributed by atoms with van der Waals surface area (Å²) in [6.07, 6.45) is 6.57. The van der Waals surface area contributed by atoms with Crippen LogP contribution in [0.3, 0.4) is 0 Å². The third kappa shape index (κ3) is 1.37. The minimum absolute atomic E-state index is 0.493. The molecule has 0 aromatic heterocycles. The SMILES string of the molecule is [CH3][Sn]([CH3])([CH3])[C]12CC3C[C@H](C1)C(=O)[C@@H](C3)C2. The molecule has 0 heterocycles. The van der Waals surface area contributed by atoms with E-state index in [1.807, 2.05) is 0 Å². The second-order valence-electron chi connectivity index (χ2n) is 7.28. The predicted octanol–water partition coefficient (Wildman–Crippen LogP) is 3.47. The fourth-order valence-electron chi connectivity index (χ4n) is 4.67. The molecule has 0 spiro atoms. The average molecular weight is 313 g/mol. The quantitative estimate of drug-likeness (QED) is 0.678. The maximum absolute atomic E-state index is 12.1. The van der Waals surface area contributed by atoms with Crippen LogP contribution in [-0.2, 0) is 4.79 Å². The van der Waals surface area contributed by atoms with Crippen LogP contribution in [0.15, 0.2) is 0 Å². The molecule has 4 saturated carbocycles. The van der Waals surface area contributed by atoms with Crippen molar-refractivity contribution in [1.29, 1.82) is 0 Å². The zero-order valence-corrected chi connectivity index (χ0v) is 13.0. The molecule has 4 aliphatic rings. The van der Waals surface area contributed by atoms with Gasteiger partial charge in [0.15, 0.2) is 0 Å². The van der Waals surface area contributed by atoms with Gasteiger partial charge in [-0.2, -0.15) is 0 Å². The standard InChI is InChI=1S/C10H13O.3CH3.Sn/c11-10-8-2-6-1-7(4-8)5-9(10)3-6;;;;/h6,8-9H,1-5H2;3*1H3;/t6?,8-,9+;;;;. The van der Waals surface area contributed by atoms with Gasteiger partial charge >= 0.3 is 97.1 Å². The number of rotatable bonds is 1. The Morgan fingerprint density at radius 2 is 1.60 bits per heavy atom. The Kier molecular flexibility index (Phi) is 2.14. The average Bonchev–Trinajstić information content (AvgIpc) is 2.10. The summed E-state index contributed by atoms with van der Waals surface area (Å²) in [6, 6.07) is 0. The van der Waals surface area contributed by atoms with Crippen molar-refractivity contribution in [1.82, 2.24) is 0 Å². The number of hydrogen-bond donors (Lipinski definition) is 0. The van der Waals surface area contributed by atoms with Crippen LogP contribution < -0.4 is 0 Å². The second kappa shape index (κ2) is 3.02. The monoisotopic (exact) mass is 314 g/mol. The van der Waals surface area contributed by atoms with Gasteiger partial charge in [-0.3, -0.25) is 0 Å². The molecule has 15 heavy (non-hydrogen) atoms. The second-order valence-corrected chi connectivity index (χ2v) is 23.1. The van der Waals surface area contributed by atoms with Crippen molar-refractivity contribution in [2.45, 2.75) is 50.4 Å². The summed E-state index contributed by atoms with van der Waals surface area (Å²) in [5.41, 5.74) is 0. The summed E-state index contributed by atoms with van der Waals surface area (Å²) in [5, 5.41) is 0. The minimum atomic E-state index is -1.85. The van der Waals surface area contributed by atoms with Crippen molar-refractivity contribution >= 4 is 24.2 Å². The van der Waals surface area contributed by atoms with Gasteiger partial charge < -0.3 is 0 Å². The first-order valence-electron chi connectivity index (χ1n) is 6.45. The Morgan fingerprint density at radius 3 is 2.07 bits per heavy atom. The van der Waals surface area contributed by atoms with E-state index in [4.69, 9.17) is 0 Å². The molecule has 0 aromatic carbocycles. The summed E-state index contributed by atoms with van der Waals surface area (Å²) in [6.45, 7) is 0. The van der Waals surface area contributed by atoms with Gasteiger partial charge in [0, 0.05) is 0 Å². The van der Waals surface area contributed by atoms with Crippen molar-refractivity contribution in [2.75, 3.05) is 0 Å². The Bertz CT molecular complexity index is 297. The molecular weight excluding hydrogens is 291 g/mol. The molecule has 4 atom stereocenters. The molecule has 0 aromatic rings. The summed E-state index contributed by atoms with van der Waals surface area (Å²) in [7, 11) is 0. The van der Waals surface area contributed by atoms with Gasteiger partial charge in [0.25, 0.3) is 0 Å². The third-order valence-corrected chi connectivity index (χ3v) is 16.4. The molecule has 4 fully saturated rings. The first-order valence-corrected chi connectivity index (χ1v) is 16.4. The van der Waals surface area contributed by atoms with E-state index in [-0.39, 0.29) is 0 Å². The Balaban J connectivity index is 1.99. The van der Waals surface area contributed by atoms with Crippen molar-refractivity contribution in [3.05, 3.63) is 0 Å². The van der Waals surface area contributed by atoms with Crippen LogP contribution in [0.5, 0.6) is 0 Å². The summed E-state index contributed by atoms with van der Waals surface area (Å²) >= 11 is -1.85. The zero-order valence-electron chi connectivity index (χ0n) is 10.2. The van der Waals surface area contributed by atoms with Gasteiger partial charge in [0.1, 0.15) is 0 Å². The number of ketones is 1. The number of Topliss-reactive ketones (excluding diaryl/α,β-unsaturated/α-hetero) is 1. The van der Waals surface area contributed by atoms with Crippen LogP contribution in [0.25, 0.3) is 0 Å². The molecule has 84 valence electrons. The number of carbonyl (C=O) groups is 1. The van der Waals surface area contributed by atoms with Gasteiger partial charge in [-0.25, -0.2) is 0 Å². The Morgan fingerprint density at radius 1 is 1.07 bits per heavy atom. The molecule has 2 heteroatoms. The molecule has 4 bridgehead atoms. The molecule has 4 rings (SSSR count). The molecule has 0 aliphatic heterocycles. The maximum atomic E-state index is 12.1. The van der Waals surface area contributed by atoms with Crippen molar-refractivity contribution in [3.8, 4) is 0 Å². The number of hydrogen-bond acceptors (Lipinski definition) is 1. The number of carbonyl (C=O) groups excluding carboxylic acids is 1. The van der Waals surface area contributed by atoms with Gasteiger partial charge in [-0.15, -0.1) is 0 Å². The van der Waals surface area contributed by atoms with Crippen LogP contribution in [0.2, 0.25) is 18.2 Å². The Labute approximate surface area is 96.9 Å². The predicted molar refractivity (Wildman–Crippen MR) is 64.6 cm³/mol. The fourth-order valence-corrected chi connectivity index (χ4v) is 12.1. The molecule has 4 aliphatic carbocycles. The van der Waals surface area contributed by atoms with Crippen LogP contribution in [0.4, 0.5) is 0 Å². The fraction of sp³-hybridized carbons (Fsp3) is 0.923. The van der Waals surface area contributed by atoms with Crippen LogP contribution in [-0.4, -0.2) is 24.2 Å². The van der Waals surface area contributed by atoms with Crippen molar-refractivity contribution in [2.24, 2.45) is 17.8 Å². The van der Waals surface area contributed by atoms with Crippen LogP contribution in [0, 0.1) is 17.8 Å². The first kappa shape index (κ1) is 10.6. The van der Waals surface area contributed by atoms with Crippen LogP contribution >= 0.6 is 0 Å². The summed E-state index contributed by atoms with van der Waals surface area (Å²) in [5.74, 6) is 2.56. The zero-order chi connectivity index (χ0) is 10.8. The van der Waals surface area contributed by atoms with Crippen molar-refractivity contribution in [3.63, 3.8) is 0 Å².